The van der Waals surface area contributed by atoms with Gasteiger partial charge in [0, 0.05) is 18.3 Å². The summed E-state index contributed by atoms with van der Waals surface area (Å²) in [6.45, 7) is 1.41. The third-order valence-electron chi connectivity index (χ3n) is 3.02. The summed E-state index contributed by atoms with van der Waals surface area (Å²) in [4.78, 5) is 22.8. The van der Waals surface area contributed by atoms with Gasteiger partial charge in [-0.1, -0.05) is 11.6 Å². The third-order valence-corrected chi connectivity index (χ3v) is 4.06. The zero-order valence-electron chi connectivity index (χ0n) is 12.2. The van der Waals surface area contributed by atoms with Gasteiger partial charge in [-0.2, -0.15) is 18.1 Å². The van der Waals surface area contributed by atoms with E-state index < -0.39 is 40.7 Å². The fourth-order valence-electron chi connectivity index (χ4n) is 1.83. The van der Waals surface area contributed by atoms with E-state index in [1.54, 1.807) is 0 Å². The maximum atomic E-state index is 12.6. The highest BCUT2D eigenvalue weighted by molar-refractivity contribution is 7.47. The molecule has 2 rings (SSSR count). The van der Waals surface area contributed by atoms with Gasteiger partial charge >= 0.3 is 25.2 Å². The molecule has 0 saturated heterocycles. The van der Waals surface area contributed by atoms with Crippen LogP contribution in [0.5, 0.6) is 11.6 Å². The Morgan fingerprint density at radius 3 is 2.48 bits per heavy atom. The number of hydrogen-bond donors (Lipinski definition) is 1. The van der Waals surface area contributed by atoms with Crippen LogP contribution in [0.25, 0.3) is 0 Å². The molecule has 0 saturated carbocycles. The largest absolute Gasteiger partial charge is 0.553 e. The summed E-state index contributed by atoms with van der Waals surface area (Å²) in [6.07, 6.45) is -4.13. The standard InChI is InChI=1S/C13H7ClF3N2O5P/c1-6-2-9(19(20)21)11(25(22)23)4-10(6)24-12-8(14)3-7(5-18-12)13(15,16)17/h2-5H,1H3/p+1. The summed E-state index contributed by atoms with van der Waals surface area (Å²) in [5.74, 6) is -0.488. The van der Waals surface area contributed by atoms with Crippen LogP contribution in [-0.4, -0.2) is 14.8 Å². The van der Waals surface area contributed by atoms with Gasteiger partial charge in [0.25, 0.3) is 0 Å². The van der Waals surface area contributed by atoms with E-state index in [0.717, 1.165) is 12.1 Å². The lowest BCUT2D eigenvalue weighted by Crippen LogP contribution is -2.08. The maximum absolute atomic E-state index is 12.6. The van der Waals surface area contributed by atoms with Crippen molar-refractivity contribution in [2.75, 3.05) is 0 Å². The van der Waals surface area contributed by atoms with Crippen LogP contribution < -0.4 is 10.0 Å². The summed E-state index contributed by atoms with van der Waals surface area (Å²) in [6, 6.07) is 2.56. The van der Waals surface area contributed by atoms with Crippen molar-refractivity contribution in [2.24, 2.45) is 0 Å². The van der Waals surface area contributed by atoms with Crippen molar-refractivity contribution in [1.82, 2.24) is 4.98 Å². The van der Waals surface area contributed by atoms with Gasteiger partial charge in [0.15, 0.2) is 0 Å². The average molecular weight is 396 g/mol. The van der Waals surface area contributed by atoms with Crippen LogP contribution >= 0.6 is 19.6 Å². The quantitative estimate of drug-likeness (QED) is 0.474. The average Bonchev–Trinajstić information content (AvgIpc) is 2.49. The van der Waals surface area contributed by atoms with E-state index >= 15 is 0 Å². The number of nitro groups is 1. The molecule has 132 valence electrons. The van der Waals surface area contributed by atoms with Crippen molar-refractivity contribution in [3.05, 3.63) is 50.7 Å². The lowest BCUT2D eigenvalue weighted by molar-refractivity contribution is -0.383. The zero-order chi connectivity index (χ0) is 18.9. The first kappa shape index (κ1) is 19.0. The van der Waals surface area contributed by atoms with Crippen LogP contribution in [0.15, 0.2) is 24.4 Å². The molecule has 1 N–H and O–H groups in total. The molecule has 0 aliphatic carbocycles. The van der Waals surface area contributed by atoms with Crippen LogP contribution in [0, 0.1) is 17.0 Å². The van der Waals surface area contributed by atoms with Gasteiger partial charge in [0.2, 0.25) is 5.88 Å². The van der Waals surface area contributed by atoms with Gasteiger partial charge in [0.05, 0.1) is 10.5 Å². The second kappa shape index (κ2) is 6.91. The molecule has 0 amide bonds. The van der Waals surface area contributed by atoms with Gasteiger partial charge in [0.1, 0.15) is 10.8 Å². The Hall–Kier alpha value is -2.29. The third kappa shape index (κ3) is 4.22. The van der Waals surface area contributed by atoms with E-state index in [2.05, 4.69) is 4.98 Å². The molecule has 25 heavy (non-hydrogen) atoms. The van der Waals surface area contributed by atoms with Crippen LogP contribution in [0.1, 0.15) is 11.1 Å². The number of rotatable bonds is 4. The van der Waals surface area contributed by atoms with E-state index in [-0.39, 0.29) is 17.2 Å². The van der Waals surface area contributed by atoms with Crippen molar-refractivity contribution in [1.29, 1.82) is 0 Å². The smallest absolute Gasteiger partial charge is 0.437 e. The molecule has 0 aliphatic rings. The minimum absolute atomic E-state index is 0.104. The Labute approximate surface area is 144 Å². The van der Waals surface area contributed by atoms with Crippen LogP contribution in [0.4, 0.5) is 18.9 Å². The van der Waals surface area contributed by atoms with Gasteiger partial charge in [-0.05, 0) is 23.1 Å². The molecule has 1 heterocycles. The van der Waals surface area contributed by atoms with Crippen molar-refractivity contribution in [3.8, 4) is 11.6 Å². The van der Waals surface area contributed by atoms with E-state index in [4.69, 9.17) is 16.3 Å². The first-order valence-corrected chi connectivity index (χ1v) is 7.95. The summed E-state index contributed by atoms with van der Waals surface area (Å²) in [5, 5.41) is 9.98. The van der Waals surface area contributed by atoms with Gasteiger partial charge < -0.3 is 4.74 Å². The molecule has 1 aromatic heterocycles. The fourth-order valence-corrected chi connectivity index (χ4v) is 2.61. The predicted octanol–water partition coefficient (Wildman–Crippen LogP) is 4.12. The Balaban J connectivity index is 2.46. The first-order chi connectivity index (χ1) is 11.5. The zero-order valence-corrected chi connectivity index (χ0v) is 13.9. The molecule has 0 bridgehead atoms. The number of pyridine rings is 1. The Kier molecular flexibility index (Phi) is 5.26. The molecule has 12 heteroatoms. The second-order valence-electron chi connectivity index (χ2n) is 4.75. The highest BCUT2D eigenvalue weighted by atomic mass is 35.5. The number of aryl methyl sites for hydroxylation is 1. The van der Waals surface area contributed by atoms with Gasteiger partial charge in [-0.3, -0.25) is 10.1 Å². The molecule has 1 atom stereocenters. The van der Waals surface area contributed by atoms with Crippen LogP contribution in [0.2, 0.25) is 5.02 Å². The van der Waals surface area contributed by atoms with Gasteiger partial charge in [-0.25, -0.2) is 4.98 Å². The first-order valence-electron chi connectivity index (χ1n) is 6.36. The molecule has 0 spiro atoms. The Bertz CT molecular complexity index is 875. The van der Waals surface area contributed by atoms with E-state index in [0.29, 0.717) is 12.3 Å². The summed E-state index contributed by atoms with van der Waals surface area (Å²) < 4.78 is 54.3. The number of nitro benzene ring substituents is 1. The monoisotopic (exact) mass is 395 g/mol. The molecular weight excluding hydrogens is 388 g/mol. The molecule has 1 unspecified atom stereocenters. The molecular formula is C13H8ClF3N2O5P+. The maximum Gasteiger partial charge on any atom is 0.553 e. The minimum atomic E-state index is -4.64. The SMILES string of the molecule is Cc1cc([N+](=O)[O-])c([P+](=O)O)cc1Oc1ncc(C(F)(F)F)cc1Cl. The number of hydrogen-bond acceptors (Lipinski definition) is 5. The number of alkyl halides is 3. The summed E-state index contributed by atoms with van der Waals surface area (Å²) >= 11 is 5.72. The Morgan fingerprint density at radius 2 is 2.00 bits per heavy atom. The lowest BCUT2D eigenvalue weighted by atomic mass is 10.2. The lowest BCUT2D eigenvalue weighted by Gasteiger charge is -2.11. The highest BCUT2D eigenvalue weighted by Gasteiger charge is 2.33. The molecule has 0 fully saturated rings. The molecule has 2 aromatic rings. The number of halogens is 4. The van der Waals surface area contributed by atoms with E-state index in [1.807, 2.05) is 0 Å². The number of benzene rings is 1. The van der Waals surface area contributed by atoms with Crippen molar-refractivity contribution >= 4 is 30.6 Å². The van der Waals surface area contributed by atoms with Crippen molar-refractivity contribution in [3.63, 3.8) is 0 Å². The topological polar surface area (TPSA) is 103 Å². The minimum Gasteiger partial charge on any atom is -0.437 e. The highest BCUT2D eigenvalue weighted by Crippen LogP contribution is 2.36. The van der Waals surface area contributed by atoms with Crippen molar-refractivity contribution in [2.45, 2.75) is 13.1 Å². The summed E-state index contributed by atoms with van der Waals surface area (Å²) in [7, 11) is -3.05. The van der Waals surface area contributed by atoms with E-state index in [9.17, 15) is 32.7 Å². The van der Waals surface area contributed by atoms with E-state index in [1.165, 1.54) is 6.92 Å². The molecule has 0 aliphatic heterocycles. The molecule has 1 aromatic carbocycles. The number of nitrogens with zero attached hydrogens (tertiary/aromatic N) is 2. The normalized spacial score (nSPS) is 12.0. The molecule has 7 nitrogen and oxygen atoms in total. The number of ether oxygens (including phenoxy) is 1. The predicted molar refractivity (Wildman–Crippen MR) is 81.6 cm³/mol. The van der Waals surface area contributed by atoms with Crippen LogP contribution in [0.3, 0.4) is 0 Å². The molecule has 0 radical (unpaired) electrons. The Morgan fingerprint density at radius 1 is 1.36 bits per heavy atom. The second-order valence-corrected chi connectivity index (χ2v) is 6.18. The van der Waals surface area contributed by atoms with Crippen LogP contribution in [-0.2, 0) is 10.7 Å². The number of aromatic nitrogens is 1. The van der Waals surface area contributed by atoms with Gasteiger partial charge in [-0.15, -0.1) is 0 Å². The van der Waals surface area contributed by atoms with Crippen molar-refractivity contribution < 1.29 is 32.3 Å². The summed E-state index contributed by atoms with van der Waals surface area (Å²) in [5.41, 5.74) is -1.46. The fraction of sp³-hybridized carbons (Fsp3) is 0.154.